The smallest absolute Gasteiger partial charge is 0.221 e. The van der Waals surface area contributed by atoms with E-state index in [-0.39, 0.29) is 30.7 Å². The second-order valence-corrected chi connectivity index (χ2v) is 6.00. The molecule has 0 bridgehead atoms. The first-order valence-corrected chi connectivity index (χ1v) is 8.15. The first-order valence-electron chi connectivity index (χ1n) is 8.15. The summed E-state index contributed by atoms with van der Waals surface area (Å²) < 4.78 is 6.87. The Morgan fingerprint density at radius 2 is 2.04 bits per heavy atom. The van der Waals surface area contributed by atoms with E-state index in [1.807, 2.05) is 13.1 Å². The van der Waals surface area contributed by atoms with Crippen LogP contribution in [0.25, 0.3) is 0 Å². The minimum Gasteiger partial charge on any atom is -0.382 e. The van der Waals surface area contributed by atoms with Gasteiger partial charge >= 0.3 is 0 Å². The predicted molar refractivity (Wildman–Crippen MR) is 85.6 cm³/mol. The molecule has 23 heavy (non-hydrogen) atoms. The third-order valence-corrected chi connectivity index (χ3v) is 4.18. The van der Waals surface area contributed by atoms with E-state index in [4.69, 9.17) is 4.74 Å². The highest BCUT2D eigenvalue weighted by Gasteiger charge is 2.20. The summed E-state index contributed by atoms with van der Waals surface area (Å²) in [6.07, 6.45) is 6.52. The van der Waals surface area contributed by atoms with Crippen LogP contribution in [0.5, 0.6) is 0 Å². The molecule has 1 unspecified atom stereocenters. The number of nitrogens with zero attached hydrogens (tertiary/aromatic N) is 2. The van der Waals surface area contributed by atoms with Gasteiger partial charge in [-0.1, -0.05) is 12.8 Å². The summed E-state index contributed by atoms with van der Waals surface area (Å²) in [7, 11) is 3.41. The van der Waals surface area contributed by atoms with Crippen LogP contribution in [0.3, 0.4) is 0 Å². The Labute approximate surface area is 136 Å². The third-order valence-electron chi connectivity index (χ3n) is 4.18. The lowest BCUT2D eigenvalue weighted by Gasteiger charge is -2.18. The molecule has 1 atom stereocenters. The molecule has 2 N–H and O–H groups in total. The Kier molecular flexibility index (Phi) is 6.58. The molecule has 2 rings (SSSR count). The van der Waals surface area contributed by atoms with Gasteiger partial charge in [0.1, 0.15) is 0 Å². The Morgan fingerprint density at radius 1 is 1.35 bits per heavy atom. The van der Waals surface area contributed by atoms with Crippen LogP contribution < -0.4 is 10.6 Å². The van der Waals surface area contributed by atoms with Gasteiger partial charge in [-0.05, 0) is 18.9 Å². The topological polar surface area (TPSA) is 85.2 Å². The average Bonchev–Trinajstić information content (AvgIpc) is 3.16. The Hall–Kier alpha value is -1.89. The molecular weight excluding hydrogens is 296 g/mol. The van der Waals surface area contributed by atoms with Gasteiger partial charge in [-0.3, -0.25) is 14.3 Å². The van der Waals surface area contributed by atoms with E-state index in [0.717, 1.165) is 18.5 Å². The standard InChI is InChI=1S/C16H26N4O3/c1-20-14(9-10-17-20)13(11-23-2)19-16(22)8-7-15(21)18-12-5-3-4-6-12/h9-10,12-13H,3-8,11H2,1-2H3,(H,18,21)(H,19,22). The summed E-state index contributed by atoms with van der Waals surface area (Å²) in [6, 6.07) is 1.87. The van der Waals surface area contributed by atoms with Gasteiger partial charge in [-0.2, -0.15) is 5.10 Å². The van der Waals surface area contributed by atoms with E-state index in [0.29, 0.717) is 12.6 Å². The van der Waals surface area contributed by atoms with Gasteiger partial charge < -0.3 is 15.4 Å². The van der Waals surface area contributed by atoms with E-state index in [2.05, 4.69) is 15.7 Å². The van der Waals surface area contributed by atoms with Crippen molar-refractivity contribution in [3.63, 3.8) is 0 Å². The van der Waals surface area contributed by atoms with Crippen LogP contribution in [-0.4, -0.2) is 41.4 Å². The van der Waals surface area contributed by atoms with Crippen molar-refractivity contribution in [1.82, 2.24) is 20.4 Å². The molecule has 1 saturated carbocycles. The highest BCUT2D eigenvalue weighted by molar-refractivity contribution is 5.84. The molecule has 1 aliphatic carbocycles. The van der Waals surface area contributed by atoms with Crippen molar-refractivity contribution in [1.29, 1.82) is 0 Å². The van der Waals surface area contributed by atoms with Crippen molar-refractivity contribution in [2.24, 2.45) is 7.05 Å². The molecule has 0 saturated heterocycles. The molecule has 0 aliphatic heterocycles. The van der Waals surface area contributed by atoms with Gasteiger partial charge in [0, 0.05) is 39.2 Å². The van der Waals surface area contributed by atoms with Crippen LogP contribution in [-0.2, 0) is 21.4 Å². The van der Waals surface area contributed by atoms with Crippen molar-refractivity contribution in [3.05, 3.63) is 18.0 Å². The van der Waals surface area contributed by atoms with Crippen LogP contribution >= 0.6 is 0 Å². The minimum atomic E-state index is -0.266. The molecule has 1 aromatic rings. The second kappa shape index (κ2) is 8.67. The average molecular weight is 322 g/mol. The number of amides is 2. The van der Waals surface area contributed by atoms with Gasteiger partial charge in [0.25, 0.3) is 0 Å². The Bertz CT molecular complexity index is 523. The van der Waals surface area contributed by atoms with Crippen molar-refractivity contribution in [2.75, 3.05) is 13.7 Å². The van der Waals surface area contributed by atoms with Crippen LogP contribution in [0, 0.1) is 0 Å². The molecule has 0 aromatic carbocycles. The molecule has 1 aliphatic rings. The predicted octanol–water partition coefficient (Wildman–Crippen LogP) is 1.06. The largest absolute Gasteiger partial charge is 0.382 e. The molecule has 1 heterocycles. The van der Waals surface area contributed by atoms with E-state index >= 15 is 0 Å². The summed E-state index contributed by atoms with van der Waals surface area (Å²) >= 11 is 0. The molecule has 128 valence electrons. The molecule has 7 heteroatoms. The number of aromatic nitrogens is 2. The summed E-state index contributed by atoms with van der Waals surface area (Å²) in [5.74, 6) is -0.203. The normalized spacial score (nSPS) is 16.3. The van der Waals surface area contributed by atoms with Gasteiger partial charge in [0.15, 0.2) is 0 Å². The van der Waals surface area contributed by atoms with Crippen LogP contribution in [0.2, 0.25) is 0 Å². The maximum Gasteiger partial charge on any atom is 0.221 e. The Balaban J connectivity index is 1.77. The number of carbonyl (C=O) groups is 2. The maximum absolute atomic E-state index is 12.1. The second-order valence-electron chi connectivity index (χ2n) is 6.00. The number of hydrogen-bond acceptors (Lipinski definition) is 4. The molecule has 7 nitrogen and oxygen atoms in total. The number of aryl methyl sites for hydroxylation is 1. The lowest BCUT2D eigenvalue weighted by molar-refractivity contribution is -0.127. The van der Waals surface area contributed by atoms with Crippen LogP contribution in [0.15, 0.2) is 12.3 Å². The van der Waals surface area contributed by atoms with Crippen LogP contribution in [0.1, 0.15) is 50.3 Å². The van der Waals surface area contributed by atoms with Crippen molar-refractivity contribution >= 4 is 11.8 Å². The lowest BCUT2D eigenvalue weighted by Crippen LogP contribution is -2.35. The van der Waals surface area contributed by atoms with E-state index in [1.165, 1.54) is 12.8 Å². The van der Waals surface area contributed by atoms with Gasteiger partial charge in [-0.25, -0.2) is 0 Å². The fourth-order valence-corrected chi connectivity index (χ4v) is 2.96. The van der Waals surface area contributed by atoms with Crippen molar-refractivity contribution < 1.29 is 14.3 Å². The number of nitrogens with one attached hydrogen (secondary N) is 2. The number of carbonyl (C=O) groups excluding carboxylic acids is 2. The molecule has 0 spiro atoms. The SMILES string of the molecule is COCC(NC(=O)CCC(=O)NC1CCCC1)c1ccnn1C. The molecule has 1 aromatic heterocycles. The highest BCUT2D eigenvalue weighted by atomic mass is 16.5. The zero-order valence-electron chi connectivity index (χ0n) is 13.9. The van der Waals surface area contributed by atoms with Gasteiger partial charge in [-0.15, -0.1) is 0 Å². The number of hydrogen-bond donors (Lipinski definition) is 2. The zero-order chi connectivity index (χ0) is 16.7. The third kappa shape index (κ3) is 5.35. The molecule has 1 fully saturated rings. The highest BCUT2D eigenvalue weighted by Crippen LogP contribution is 2.17. The van der Waals surface area contributed by atoms with Crippen LogP contribution in [0.4, 0.5) is 0 Å². The van der Waals surface area contributed by atoms with E-state index in [9.17, 15) is 9.59 Å². The van der Waals surface area contributed by atoms with Gasteiger partial charge in [0.05, 0.1) is 18.3 Å². The fourth-order valence-electron chi connectivity index (χ4n) is 2.96. The van der Waals surface area contributed by atoms with Crippen molar-refractivity contribution in [2.45, 2.75) is 50.6 Å². The Morgan fingerprint density at radius 3 is 2.65 bits per heavy atom. The van der Waals surface area contributed by atoms with E-state index < -0.39 is 0 Å². The number of rotatable bonds is 8. The van der Waals surface area contributed by atoms with Crippen molar-refractivity contribution in [3.8, 4) is 0 Å². The first-order chi connectivity index (χ1) is 11.1. The molecule has 2 amide bonds. The summed E-state index contributed by atoms with van der Waals surface area (Å²) in [4.78, 5) is 24.0. The number of ether oxygens (including phenoxy) is 1. The molecule has 0 radical (unpaired) electrons. The van der Waals surface area contributed by atoms with Gasteiger partial charge in [0.2, 0.25) is 11.8 Å². The number of methoxy groups -OCH3 is 1. The summed E-state index contributed by atoms with van der Waals surface area (Å²) in [6.45, 7) is 0.361. The summed E-state index contributed by atoms with van der Waals surface area (Å²) in [5, 5.41) is 10.0. The van der Waals surface area contributed by atoms with E-state index in [1.54, 1.807) is 18.0 Å². The monoisotopic (exact) mass is 322 g/mol. The first kappa shape index (κ1) is 17.5. The lowest BCUT2D eigenvalue weighted by atomic mass is 10.2. The molecular formula is C16H26N4O3. The quantitative estimate of drug-likeness (QED) is 0.749. The minimum absolute atomic E-state index is 0.0455. The maximum atomic E-state index is 12.1. The summed E-state index contributed by atoms with van der Waals surface area (Å²) in [5.41, 5.74) is 0.871. The fraction of sp³-hybridized carbons (Fsp3) is 0.688. The zero-order valence-corrected chi connectivity index (χ0v) is 13.9.